The molecule has 1 aromatic heterocycles. The minimum atomic E-state index is -3.69. The monoisotopic (exact) mass is 334 g/mol. The van der Waals surface area contributed by atoms with E-state index in [-0.39, 0.29) is 10.9 Å². The molecule has 0 radical (unpaired) electrons. The summed E-state index contributed by atoms with van der Waals surface area (Å²) in [5, 5.41) is 2.73. The molecule has 3 rings (SSSR count). The highest BCUT2D eigenvalue weighted by Crippen LogP contribution is 2.41. The molecule has 1 amide bonds. The van der Waals surface area contributed by atoms with Crippen molar-refractivity contribution in [3.63, 3.8) is 0 Å². The fourth-order valence-corrected chi connectivity index (χ4v) is 3.39. The van der Waals surface area contributed by atoms with Crippen molar-refractivity contribution in [3.05, 3.63) is 53.8 Å². The Morgan fingerprint density at radius 3 is 2.39 bits per heavy atom. The van der Waals surface area contributed by atoms with Gasteiger partial charge in [0.05, 0.1) is 5.54 Å². The summed E-state index contributed by atoms with van der Waals surface area (Å²) < 4.78 is 30.7. The van der Waals surface area contributed by atoms with Crippen molar-refractivity contribution in [1.82, 2.24) is 10.0 Å². The first-order chi connectivity index (χ1) is 11.0. The third-order valence-corrected chi connectivity index (χ3v) is 5.51. The Kier molecular flexibility index (Phi) is 3.99. The van der Waals surface area contributed by atoms with Crippen LogP contribution in [0.15, 0.2) is 52.0 Å². The smallest absolute Gasteiger partial charge is 0.287 e. The lowest BCUT2D eigenvalue weighted by atomic mass is 9.71. The van der Waals surface area contributed by atoms with Gasteiger partial charge in [0.15, 0.2) is 5.76 Å². The number of amides is 1. The molecule has 0 aliphatic heterocycles. The zero-order chi connectivity index (χ0) is 16.5. The Bertz CT molecular complexity index is 808. The molecule has 1 aliphatic carbocycles. The number of carbonyl (C=O) groups excluding carboxylic acids is 1. The van der Waals surface area contributed by atoms with Crippen LogP contribution in [-0.2, 0) is 15.6 Å². The van der Waals surface area contributed by atoms with Crippen LogP contribution in [0.5, 0.6) is 0 Å². The van der Waals surface area contributed by atoms with Gasteiger partial charge >= 0.3 is 0 Å². The molecule has 2 aromatic rings. The molecule has 1 aromatic carbocycles. The number of carbonyl (C=O) groups is 1. The fourth-order valence-electron chi connectivity index (χ4n) is 2.74. The normalized spacial score (nSPS) is 16.6. The van der Waals surface area contributed by atoms with Gasteiger partial charge in [-0.3, -0.25) is 4.79 Å². The van der Waals surface area contributed by atoms with Crippen molar-refractivity contribution >= 4 is 15.9 Å². The molecule has 0 saturated heterocycles. The van der Waals surface area contributed by atoms with Gasteiger partial charge < -0.3 is 9.73 Å². The van der Waals surface area contributed by atoms with Crippen LogP contribution in [-0.4, -0.2) is 21.4 Å². The number of hydrogen-bond donors (Lipinski definition) is 2. The van der Waals surface area contributed by atoms with Gasteiger partial charge in [0, 0.05) is 0 Å². The van der Waals surface area contributed by atoms with E-state index in [4.69, 9.17) is 4.42 Å². The maximum absolute atomic E-state index is 12.4. The van der Waals surface area contributed by atoms with E-state index in [1.165, 1.54) is 19.2 Å². The highest BCUT2D eigenvalue weighted by Gasteiger charge is 2.40. The SMILES string of the molecule is CNS(=O)(=O)c1ccc(C(=O)NC2(c3ccccc3)CCC2)o1. The first-order valence-electron chi connectivity index (χ1n) is 7.38. The lowest BCUT2D eigenvalue weighted by Gasteiger charge is -2.42. The number of benzene rings is 1. The molecular formula is C16H18N2O4S. The summed E-state index contributed by atoms with van der Waals surface area (Å²) in [5.74, 6) is -0.424. The van der Waals surface area contributed by atoms with Crippen LogP contribution >= 0.6 is 0 Å². The second kappa shape index (κ2) is 5.82. The third-order valence-electron chi connectivity index (χ3n) is 4.23. The lowest BCUT2D eigenvalue weighted by molar-refractivity contribution is 0.0789. The first kappa shape index (κ1) is 15.8. The van der Waals surface area contributed by atoms with E-state index in [1.54, 1.807) is 0 Å². The van der Waals surface area contributed by atoms with Gasteiger partial charge in [0.25, 0.3) is 15.9 Å². The summed E-state index contributed by atoms with van der Waals surface area (Å²) in [6, 6.07) is 12.4. The average molecular weight is 334 g/mol. The minimum Gasteiger partial charge on any atom is -0.438 e. The van der Waals surface area contributed by atoms with Crippen LogP contribution in [0.25, 0.3) is 0 Å². The molecule has 1 aliphatic rings. The molecule has 23 heavy (non-hydrogen) atoms. The van der Waals surface area contributed by atoms with Crippen LogP contribution < -0.4 is 10.0 Å². The van der Waals surface area contributed by atoms with E-state index in [2.05, 4.69) is 10.0 Å². The molecule has 0 atom stereocenters. The van der Waals surface area contributed by atoms with Crippen molar-refractivity contribution in [2.75, 3.05) is 7.05 Å². The quantitative estimate of drug-likeness (QED) is 0.875. The van der Waals surface area contributed by atoms with E-state index < -0.39 is 21.5 Å². The Morgan fingerprint density at radius 1 is 1.13 bits per heavy atom. The summed E-state index contributed by atoms with van der Waals surface area (Å²) in [7, 11) is -2.41. The van der Waals surface area contributed by atoms with E-state index in [0.717, 1.165) is 24.8 Å². The standard InChI is InChI=1S/C16H18N2O4S/c1-17-23(20,21)14-9-8-13(22-14)15(19)18-16(10-5-11-16)12-6-3-2-4-7-12/h2-4,6-9,17H,5,10-11H2,1H3,(H,18,19). The van der Waals surface area contributed by atoms with E-state index in [9.17, 15) is 13.2 Å². The van der Waals surface area contributed by atoms with E-state index in [0.29, 0.717) is 0 Å². The zero-order valence-corrected chi connectivity index (χ0v) is 13.5. The van der Waals surface area contributed by atoms with Gasteiger partial charge in [-0.15, -0.1) is 0 Å². The Labute approximate surface area is 134 Å². The summed E-state index contributed by atoms with van der Waals surface area (Å²) in [4.78, 5) is 12.4. The zero-order valence-electron chi connectivity index (χ0n) is 12.7. The molecule has 2 N–H and O–H groups in total. The minimum absolute atomic E-state index is 0.0129. The molecule has 0 unspecified atom stereocenters. The molecule has 0 spiro atoms. The van der Waals surface area contributed by atoms with Crippen LogP contribution in [0, 0.1) is 0 Å². The fraction of sp³-hybridized carbons (Fsp3) is 0.312. The van der Waals surface area contributed by atoms with Gasteiger partial charge in [0.1, 0.15) is 0 Å². The summed E-state index contributed by atoms with van der Waals surface area (Å²) >= 11 is 0. The number of furan rings is 1. The van der Waals surface area contributed by atoms with E-state index in [1.807, 2.05) is 30.3 Å². The van der Waals surface area contributed by atoms with Crippen molar-refractivity contribution in [3.8, 4) is 0 Å². The molecule has 122 valence electrons. The molecule has 0 bridgehead atoms. The van der Waals surface area contributed by atoms with Crippen LogP contribution in [0.3, 0.4) is 0 Å². The van der Waals surface area contributed by atoms with E-state index >= 15 is 0 Å². The molecular weight excluding hydrogens is 316 g/mol. The highest BCUT2D eigenvalue weighted by molar-refractivity contribution is 7.89. The van der Waals surface area contributed by atoms with Crippen LogP contribution in [0.2, 0.25) is 0 Å². The largest absolute Gasteiger partial charge is 0.438 e. The van der Waals surface area contributed by atoms with Gasteiger partial charge in [-0.1, -0.05) is 30.3 Å². The second-order valence-corrected chi connectivity index (χ2v) is 7.40. The molecule has 1 saturated carbocycles. The number of rotatable bonds is 5. The lowest BCUT2D eigenvalue weighted by Crippen LogP contribution is -2.50. The van der Waals surface area contributed by atoms with Gasteiger partial charge in [-0.25, -0.2) is 13.1 Å². The summed E-state index contributed by atoms with van der Waals surface area (Å²) in [6.07, 6.45) is 2.74. The predicted octanol–water partition coefficient (Wildman–Crippen LogP) is 2.00. The Morgan fingerprint density at radius 2 is 1.83 bits per heavy atom. The molecule has 1 heterocycles. The molecule has 1 fully saturated rings. The average Bonchev–Trinajstić information content (AvgIpc) is 3.02. The number of sulfonamides is 1. The van der Waals surface area contributed by atoms with Crippen LogP contribution in [0.4, 0.5) is 0 Å². The van der Waals surface area contributed by atoms with Crippen molar-refractivity contribution in [1.29, 1.82) is 0 Å². The summed E-state index contributed by atoms with van der Waals surface area (Å²) in [5.41, 5.74) is 0.655. The first-order valence-corrected chi connectivity index (χ1v) is 8.87. The van der Waals surface area contributed by atoms with Gasteiger partial charge in [-0.05, 0) is 44.0 Å². The van der Waals surface area contributed by atoms with Crippen molar-refractivity contribution < 1.29 is 17.6 Å². The second-order valence-electron chi connectivity index (χ2n) is 5.58. The Balaban J connectivity index is 1.82. The highest BCUT2D eigenvalue weighted by atomic mass is 32.2. The maximum atomic E-state index is 12.4. The van der Waals surface area contributed by atoms with Gasteiger partial charge in [0.2, 0.25) is 5.09 Å². The maximum Gasteiger partial charge on any atom is 0.287 e. The van der Waals surface area contributed by atoms with Crippen molar-refractivity contribution in [2.24, 2.45) is 0 Å². The third kappa shape index (κ3) is 2.89. The number of hydrogen-bond acceptors (Lipinski definition) is 4. The van der Waals surface area contributed by atoms with Gasteiger partial charge in [-0.2, -0.15) is 0 Å². The van der Waals surface area contributed by atoms with Crippen molar-refractivity contribution in [2.45, 2.75) is 29.9 Å². The molecule has 7 heteroatoms. The summed E-state index contributed by atoms with van der Waals surface area (Å²) in [6.45, 7) is 0. The predicted molar refractivity (Wildman–Crippen MR) is 84.4 cm³/mol. The Hall–Kier alpha value is -2.12. The topological polar surface area (TPSA) is 88.4 Å². The molecule has 6 nitrogen and oxygen atoms in total. The van der Waals surface area contributed by atoms with Crippen LogP contribution in [0.1, 0.15) is 35.4 Å². The number of nitrogens with one attached hydrogen (secondary N) is 2.